The van der Waals surface area contributed by atoms with Crippen LogP contribution in [0.4, 0.5) is 0 Å². The second-order valence-corrected chi connectivity index (χ2v) is 16.0. The Labute approximate surface area is 250 Å². The molecular weight excluding hydrogens is 541 g/mol. The molecule has 43 heavy (non-hydrogen) atoms. The molecule has 0 saturated carbocycles. The maximum atomic E-state index is 10.4. The van der Waals surface area contributed by atoms with Crippen LogP contribution in [0.2, 0.25) is 13.1 Å². The van der Waals surface area contributed by atoms with Gasteiger partial charge in [-0.15, -0.1) is 0 Å². The number of fused-ring (bicyclic) bond motifs is 6. The van der Waals surface area contributed by atoms with Crippen LogP contribution in [0.15, 0.2) is 134 Å². The fourth-order valence-corrected chi connectivity index (χ4v) is 8.84. The van der Waals surface area contributed by atoms with E-state index in [0.717, 1.165) is 33.6 Å². The summed E-state index contributed by atoms with van der Waals surface area (Å²) in [4.78, 5) is 5.01. The molecule has 0 unspecified atom stereocenters. The molecule has 0 aliphatic carbocycles. The molecular formula is C38H28N4Si. The van der Waals surface area contributed by atoms with Crippen LogP contribution in [0.3, 0.4) is 0 Å². The lowest BCUT2D eigenvalue weighted by atomic mass is 10.2. The predicted molar refractivity (Wildman–Crippen MR) is 181 cm³/mol. The summed E-state index contributed by atoms with van der Waals surface area (Å²) >= 11 is 0. The summed E-state index contributed by atoms with van der Waals surface area (Å²) in [7, 11) is -2.17. The van der Waals surface area contributed by atoms with Crippen molar-refractivity contribution in [1.29, 1.82) is 5.26 Å². The highest BCUT2D eigenvalue weighted by molar-refractivity contribution is 7.00. The van der Waals surface area contributed by atoms with Crippen molar-refractivity contribution in [2.75, 3.05) is 0 Å². The zero-order chi connectivity index (χ0) is 29.1. The maximum absolute atomic E-state index is 10.4. The Hall–Kier alpha value is -5.44. The third kappa shape index (κ3) is 3.77. The number of para-hydroxylation sites is 4. The van der Waals surface area contributed by atoms with Gasteiger partial charge in [0.15, 0.2) is 0 Å². The van der Waals surface area contributed by atoms with Gasteiger partial charge in [-0.3, -0.25) is 4.57 Å². The van der Waals surface area contributed by atoms with Crippen molar-refractivity contribution < 1.29 is 0 Å². The fraction of sp³-hybridized carbons (Fsp3) is 0.0526. The van der Waals surface area contributed by atoms with Crippen LogP contribution in [0, 0.1) is 11.3 Å². The van der Waals surface area contributed by atoms with Crippen LogP contribution in [0.1, 0.15) is 5.56 Å². The average molecular weight is 569 g/mol. The molecule has 0 aliphatic rings. The van der Waals surface area contributed by atoms with E-state index in [-0.39, 0.29) is 0 Å². The van der Waals surface area contributed by atoms with Crippen LogP contribution in [0.25, 0.3) is 55.1 Å². The fourth-order valence-electron chi connectivity index (χ4n) is 6.62. The van der Waals surface area contributed by atoms with Gasteiger partial charge in [0.1, 0.15) is 20.0 Å². The molecule has 5 heteroatoms. The highest BCUT2D eigenvalue weighted by Crippen LogP contribution is 2.33. The van der Waals surface area contributed by atoms with E-state index in [9.17, 15) is 5.26 Å². The molecule has 0 atom stereocenters. The number of benzene rings is 5. The van der Waals surface area contributed by atoms with Gasteiger partial charge in [-0.2, -0.15) is 5.26 Å². The molecule has 0 fully saturated rings. The van der Waals surface area contributed by atoms with E-state index in [4.69, 9.17) is 4.98 Å². The molecule has 0 saturated heterocycles. The van der Waals surface area contributed by atoms with Gasteiger partial charge >= 0.3 is 0 Å². The molecule has 8 rings (SSSR count). The first-order valence-electron chi connectivity index (χ1n) is 14.5. The molecule has 0 N–H and O–H groups in total. The van der Waals surface area contributed by atoms with Crippen LogP contribution in [-0.2, 0) is 0 Å². The van der Waals surface area contributed by atoms with Gasteiger partial charge in [-0.05, 0) is 47.7 Å². The highest BCUT2D eigenvalue weighted by Gasteiger charge is 2.28. The lowest BCUT2D eigenvalue weighted by Crippen LogP contribution is -2.53. The molecule has 5 aromatic carbocycles. The van der Waals surface area contributed by atoms with E-state index < -0.39 is 8.07 Å². The van der Waals surface area contributed by atoms with Crippen molar-refractivity contribution in [2.24, 2.45) is 0 Å². The molecule has 0 aliphatic heterocycles. The summed E-state index contributed by atoms with van der Waals surface area (Å²) in [6, 6.07) is 47.2. The molecule has 0 spiro atoms. The number of nitrogens with zero attached hydrogens (tertiary/aromatic N) is 4. The van der Waals surface area contributed by atoms with E-state index >= 15 is 0 Å². The third-order valence-corrected chi connectivity index (χ3v) is 12.4. The van der Waals surface area contributed by atoms with Crippen LogP contribution in [-0.4, -0.2) is 22.2 Å². The Kier molecular flexibility index (Phi) is 5.62. The van der Waals surface area contributed by atoms with Gasteiger partial charge in [0, 0.05) is 27.7 Å². The molecule has 0 radical (unpaired) electrons. The van der Waals surface area contributed by atoms with Gasteiger partial charge in [-0.25, -0.2) is 4.98 Å². The summed E-state index contributed by atoms with van der Waals surface area (Å²) in [6.45, 7) is 4.67. The Morgan fingerprint density at radius 2 is 1.02 bits per heavy atom. The monoisotopic (exact) mass is 568 g/mol. The minimum atomic E-state index is -2.17. The normalized spacial score (nSPS) is 11.9. The molecule has 3 heterocycles. The van der Waals surface area contributed by atoms with E-state index in [1.54, 1.807) is 0 Å². The molecule has 0 amide bonds. The number of pyridine rings is 1. The summed E-state index contributed by atoms with van der Waals surface area (Å²) in [5, 5.41) is 17.6. The summed E-state index contributed by atoms with van der Waals surface area (Å²) in [5.41, 5.74) is 6.11. The quantitative estimate of drug-likeness (QED) is 0.202. The van der Waals surface area contributed by atoms with E-state index in [0.29, 0.717) is 5.56 Å². The lowest BCUT2D eigenvalue weighted by molar-refractivity contribution is 1.08. The van der Waals surface area contributed by atoms with Crippen molar-refractivity contribution in [3.63, 3.8) is 0 Å². The zero-order valence-corrected chi connectivity index (χ0v) is 25.0. The van der Waals surface area contributed by atoms with Crippen molar-refractivity contribution in [1.82, 2.24) is 14.1 Å². The first kappa shape index (κ1) is 25.3. The number of aromatic nitrogens is 3. The van der Waals surface area contributed by atoms with Crippen LogP contribution in [0.5, 0.6) is 0 Å². The number of nitriles is 1. The van der Waals surface area contributed by atoms with E-state index in [1.165, 1.54) is 31.9 Å². The molecule has 4 nitrogen and oxygen atoms in total. The van der Waals surface area contributed by atoms with Crippen LogP contribution >= 0.6 is 0 Å². The Morgan fingerprint density at radius 3 is 1.49 bits per heavy atom. The predicted octanol–water partition coefficient (Wildman–Crippen LogP) is 7.97. The molecule has 204 valence electrons. The summed E-state index contributed by atoms with van der Waals surface area (Å²) in [6.07, 6.45) is 2.04. The second-order valence-electron chi connectivity index (χ2n) is 11.6. The second kappa shape index (κ2) is 9.55. The summed E-state index contributed by atoms with van der Waals surface area (Å²) in [5.74, 6) is 0.908. The topological polar surface area (TPSA) is 46.5 Å². The first-order chi connectivity index (χ1) is 21.1. The van der Waals surface area contributed by atoms with Crippen molar-refractivity contribution in [3.05, 3.63) is 139 Å². The van der Waals surface area contributed by atoms with Crippen molar-refractivity contribution >= 4 is 62.1 Å². The number of rotatable bonds is 4. The molecule has 0 bridgehead atoms. The first-order valence-corrected chi connectivity index (χ1v) is 17.5. The van der Waals surface area contributed by atoms with Gasteiger partial charge in [0.2, 0.25) is 0 Å². The largest absolute Gasteiger partial charge is 0.308 e. The zero-order valence-electron chi connectivity index (χ0n) is 24.0. The smallest absolute Gasteiger partial charge is 0.137 e. The van der Waals surface area contributed by atoms with Crippen molar-refractivity contribution in [2.45, 2.75) is 13.1 Å². The third-order valence-electron chi connectivity index (χ3n) is 8.94. The minimum Gasteiger partial charge on any atom is -0.308 e. The number of hydrogen-bond acceptors (Lipinski definition) is 2. The lowest BCUT2D eigenvalue weighted by Gasteiger charge is -2.24. The highest BCUT2D eigenvalue weighted by atomic mass is 28.3. The van der Waals surface area contributed by atoms with Gasteiger partial charge < -0.3 is 4.57 Å². The van der Waals surface area contributed by atoms with E-state index in [2.05, 4.69) is 156 Å². The Balaban J connectivity index is 1.22. The molecule has 3 aromatic heterocycles. The number of hydrogen-bond donors (Lipinski definition) is 0. The summed E-state index contributed by atoms with van der Waals surface area (Å²) < 4.78 is 4.47. The van der Waals surface area contributed by atoms with Crippen LogP contribution < -0.4 is 10.4 Å². The Morgan fingerprint density at radius 1 is 0.558 bits per heavy atom. The maximum Gasteiger partial charge on any atom is 0.137 e. The van der Waals surface area contributed by atoms with Gasteiger partial charge in [0.05, 0.1) is 33.3 Å². The van der Waals surface area contributed by atoms with E-state index in [1.807, 2.05) is 6.20 Å². The average Bonchev–Trinajstić information content (AvgIpc) is 3.58. The Bertz CT molecular complexity index is 2280. The minimum absolute atomic E-state index is 0.680. The van der Waals surface area contributed by atoms with Crippen molar-refractivity contribution in [3.8, 4) is 17.6 Å². The molecule has 8 aromatic rings. The SMILES string of the molecule is C[Si](C)(c1ccc(-n2c3ccccc3c3ccccc32)nc1)c1ccc(-n2c3ccccc3c3ccccc32)c(C#N)c1. The van der Waals surface area contributed by atoms with Gasteiger partial charge in [-0.1, -0.05) is 103 Å². The van der Waals surface area contributed by atoms with Gasteiger partial charge in [0.25, 0.3) is 0 Å². The standard InChI is InChI=1S/C38H28N4Si/c1-43(2,28-20-22-38(40-25-28)42-36-17-9-5-13-31(36)32-14-6-10-18-37(32)42)27-19-21-33(26(23-27)24-39)41-34-15-7-3-11-29(34)30-12-4-8-16-35(30)41/h3-23,25H,1-2H3.